The van der Waals surface area contributed by atoms with Crippen molar-refractivity contribution in [2.75, 3.05) is 18.0 Å². The van der Waals surface area contributed by atoms with Gasteiger partial charge in [-0.15, -0.1) is 0 Å². The van der Waals surface area contributed by atoms with Crippen LogP contribution in [0.5, 0.6) is 0 Å². The van der Waals surface area contributed by atoms with Crippen molar-refractivity contribution in [3.05, 3.63) is 17.3 Å². The van der Waals surface area contributed by atoms with E-state index >= 15 is 0 Å². The van der Waals surface area contributed by atoms with Gasteiger partial charge < -0.3 is 21.5 Å². The lowest BCUT2D eigenvalue weighted by Gasteiger charge is -2.19. The molecule has 0 aliphatic heterocycles. The molecule has 0 unspecified atom stereocenters. The number of alkyl carbamates (subject to hydrolysis) is 1. The predicted octanol–water partition coefficient (Wildman–Crippen LogP) is 1.82. The first-order valence-electron chi connectivity index (χ1n) is 6.67. The Kier molecular flexibility index (Phi) is 5.42. The molecule has 0 fully saturated rings. The zero-order chi connectivity index (χ0) is 16.0. The van der Waals surface area contributed by atoms with Gasteiger partial charge in [-0.05, 0) is 33.8 Å². The van der Waals surface area contributed by atoms with Crippen molar-refractivity contribution in [2.45, 2.75) is 39.7 Å². The Morgan fingerprint density at radius 1 is 1.43 bits per heavy atom. The standard InChI is InChI=1S/C15H22N4O2/c1-10-11(9-12(16)13(17)19-10)7-5-6-8-18-14(20)21-15(2,3)4/h9H,6,8,16H2,1-4H3,(H2,17,19)(H,18,20). The molecule has 0 aliphatic carbocycles. The van der Waals surface area contributed by atoms with Crippen LogP contribution < -0.4 is 16.8 Å². The van der Waals surface area contributed by atoms with E-state index in [9.17, 15) is 4.79 Å². The van der Waals surface area contributed by atoms with Gasteiger partial charge in [-0.25, -0.2) is 9.78 Å². The number of carbonyl (C=O) groups is 1. The fraction of sp³-hybridized carbons (Fsp3) is 0.467. The van der Waals surface area contributed by atoms with E-state index in [1.165, 1.54) is 0 Å². The molecule has 21 heavy (non-hydrogen) atoms. The van der Waals surface area contributed by atoms with E-state index in [2.05, 4.69) is 22.1 Å². The van der Waals surface area contributed by atoms with E-state index in [1.54, 1.807) is 6.07 Å². The van der Waals surface area contributed by atoms with Gasteiger partial charge >= 0.3 is 6.09 Å². The number of nitrogens with zero attached hydrogens (tertiary/aromatic N) is 1. The van der Waals surface area contributed by atoms with Gasteiger partial charge in [0.2, 0.25) is 0 Å². The van der Waals surface area contributed by atoms with E-state index in [0.717, 1.165) is 11.3 Å². The number of pyridine rings is 1. The van der Waals surface area contributed by atoms with Crippen molar-refractivity contribution >= 4 is 17.6 Å². The second-order valence-corrected chi connectivity index (χ2v) is 5.58. The van der Waals surface area contributed by atoms with Crippen molar-refractivity contribution in [2.24, 2.45) is 0 Å². The first kappa shape index (κ1) is 16.6. The van der Waals surface area contributed by atoms with Crippen LogP contribution >= 0.6 is 0 Å². The number of carbonyl (C=O) groups excluding carboxylic acids is 1. The van der Waals surface area contributed by atoms with E-state index in [0.29, 0.717) is 24.5 Å². The smallest absolute Gasteiger partial charge is 0.407 e. The third kappa shape index (κ3) is 6.04. The van der Waals surface area contributed by atoms with Crippen LogP contribution in [0, 0.1) is 18.8 Å². The topological polar surface area (TPSA) is 103 Å². The van der Waals surface area contributed by atoms with Crippen molar-refractivity contribution in [3.63, 3.8) is 0 Å². The molecule has 0 saturated carbocycles. The Morgan fingerprint density at radius 3 is 2.71 bits per heavy atom. The van der Waals surface area contributed by atoms with Crippen LogP contribution in [0.1, 0.15) is 38.4 Å². The molecule has 5 N–H and O–H groups in total. The minimum atomic E-state index is -0.500. The lowest BCUT2D eigenvalue weighted by molar-refractivity contribution is 0.0529. The molecular weight excluding hydrogens is 268 g/mol. The fourth-order valence-electron chi connectivity index (χ4n) is 1.46. The maximum Gasteiger partial charge on any atom is 0.407 e. The van der Waals surface area contributed by atoms with Gasteiger partial charge in [0, 0.05) is 18.5 Å². The van der Waals surface area contributed by atoms with Crippen molar-refractivity contribution < 1.29 is 9.53 Å². The number of aryl methyl sites for hydroxylation is 1. The molecule has 0 aromatic carbocycles. The molecule has 1 aromatic rings. The number of rotatable bonds is 2. The zero-order valence-corrected chi connectivity index (χ0v) is 12.9. The summed E-state index contributed by atoms with van der Waals surface area (Å²) >= 11 is 0. The molecule has 1 rings (SSSR count). The molecule has 114 valence electrons. The summed E-state index contributed by atoms with van der Waals surface area (Å²) in [6.45, 7) is 7.67. The molecule has 0 radical (unpaired) electrons. The van der Waals surface area contributed by atoms with Gasteiger partial charge in [-0.3, -0.25) is 0 Å². The quantitative estimate of drug-likeness (QED) is 0.569. The summed E-state index contributed by atoms with van der Waals surface area (Å²) < 4.78 is 5.11. The van der Waals surface area contributed by atoms with E-state index in [4.69, 9.17) is 16.2 Å². The molecule has 6 nitrogen and oxygen atoms in total. The molecule has 1 amide bonds. The summed E-state index contributed by atoms with van der Waals surface area (Å²) in [4.78, 5) is 15.5. The highest BCUT2D eigenvalue weighted by Gasteiger charge is 2.15. The second kappa shape index (κ2) is 6.84. The van der Waals surface area contributed by atoms with Crippen LogP contribution in [0.4, 0.5) is 16.3 Å². The summed E-state index contributed by atoms with van der Waals surface area (Å²) in [5.41, 5.74) is 12.7. The number of aromatic nitrogens is 1. The maximum absolute atomic E-state index is 11.4. The van der Waals surface area contributed by atoms with Crippen LogP contribution in [-0.4, -0.2) is 23.2 Å². The summed E-state index contributed by atoms with van der Waals surface area (Å²) in [6, 6.07) is 1.70. The molecule has 1 heterocycles. The third-order valence-corrected chi connectivity index (χ3v) is 2.41. The summed E-state index contributed by atoms with van der Waals surface area (Å²) in [7, 11) is 0. The summed E-state index contributed by atoms with van der Waals surface area (Å²) in [6.07, 6.45) is 0.0575. The molecule has 0 spiro atoms. The van der Waals surface area contributed by atoms with Crippen LogP contribution in [0.15, 0.2) is 6.07 Å². The van der Waals surface area contributed by atoms with E-state index in [-0.39, 0.29) is 0 Å². The Balaban J connectivity index is 2.48. The van der Waals surface area contributed by atoms with Gasteiger partial charge in [-0.1, -0.05) is 11.8 Å². The van der Waals surface area contributed by atoms with Crippen molar-refractivity contribution in [1.29, 1.82) is 0 Å². The van der Waals surface area contributed by atoms with Gasteiger partial charge in [-0.2, -0.15) is 0 Å². The average molecular weight is 290 g/mol. The Hall–Kier alpha value is -2.42. The normalized spacial score (nSPS) is 10.5. The zero-order valence-electron chi connectivity index (χ0n) is 12.9. The Labute approximate surface area is 125 Å². The number of nitrogen functional groups attached to an aromatic ring is 2. The highest BCUT2D eigenvalue weighted by atomic mass is 16.6. The lowest BCUT2D eigenvalue weighted by atomic mass is 10.2. The van der Waals surface area contributed by atoms with E-state index < -0.39 is 11.7 Å². The van der Waals surface area contributed by atoms with Crippen LogP contribution in [0.3, 0.4) is 0 Å². The molecule has 0 saturated heterocycles. The van der Waals surface area contributed by atoms with E-state index in [1.807, 2.05) is 27.7 Å². The monoisotopic (exact) mass is 290 g/mol. The Bertz CT molecular complexity index is 580. The number of hydrogen-bond acceptors (Lipinski definition) is 5. The first-order chi connectivity index (χ1) is 9.69. The van der Waals surface area contributed by atoms with Crippen molar-refractivity contribution in [3.8, 4) is 11.8 Å². The number of nitrogens with one attached hydrogen (secondary N) is 1. The number of nitrogens with two attached hydrogens (primary N) is 2. The number of hydrogen-bond donors (Lipinski definition) is 3. The first-order valence-corrected chi connectivity index (χ1v) is 6.67. The SMILES string of the molecule is Cc1nc(N)c(N)cc1C#CCCNC(=O)OC(C)(C)C. The van der Waals surface area contributed by atoms with Crippen molar-refractivity contribution in [1.82, 2.24) is 10.3 Å². The summed E-state index contributed by atoms with van der Waals surface area (Å²) in [5, 5.41) is 2.64. The fourth-order valence-corrected chi connectivity index (χ4v) is 1.46. The number of anilines is 2. The van der Waals surface area contributed by atoms with Gasteiger partial charge in [0.1, 0.15) is 11.4 Å². The van der Waals surface area contributed by atoms with Gasteiger partial charge in [0.05, 0.1) is 11.4 Å². The number of amides is 1. The summed E-state index contributed by atoms with van der Waals surface area (Å²) in [5.74, 6) is 6.22. The van der Waals surface area contributed by atoms with Crippen LogP contribution in [-0.2, 0) is 4.74 Å². The molecule has 0 bridgehead atoms. The maximum atomic E-state index is 11.4. The van der Waals surface area contributed by atoms with Crippen LogP contribution in [0.25, 0.3) is 0 Å². The molecule has 0 aliphatic rings. The lowest BCUT2D eigenvalue weighted by Crippen LogP contribution is -2.32. The highest BCUT2D eigenvalue weighted by molar-refractivity contribution is 5.67. The third-order valence-electron chi connectivity index (χ3n) is 2.41. The molecular formula is C15H22N4O2. The molecule has 1 aromatic heterocycles. The highest BCUT2D eigenvalue weighted by Crippen LogP contribution is 2.15. The number of ether oxygens (including phenoxy) is 1. The largest absolute Gasteiger partial charge is 0.444 e. The van der Waals surface area contributed by atoms with Gasteiger partial charge in [0.15, 0.2) is 0 Å². The molecule has 0 atom stereocenters. The second-order valence-electron chi connectivity index (χ2n) is 5.58. The predicted molar refractivity (Wildman–Crippen MR) is 83.5 cm³/mol. The Morgan fingerprint density at radius 2 is 2.10 bits per heavy atom. The average Bonchev–Trinajstić information content (AvgIpc) is 2.32. The van der Waals surface area contributed by atoms with Crippen LogP contribution in [0.2, 0.25) is 0 Å². The minimum Gasteiger partial charge on any atom is -0.444 e. The van der Waals surface area contributed by atoms with Gasteiger partial charge in [0.25, 0.3) is 0 Å². The minimum absolute atomic E-state index is 0.310. The molecule has 6 heteroatoms.